The molecule has 0 aliphatic carbocycles. The van der Waals surface area contributed by atoms with Crippen LogP contribution in [0.5, 0.6) is 0 Å². The lowest BCUT2D eigenvalue weighted by atomic mass is 9.88. The highest BCUT2D eigenvalue weighted by Gasteiger charge is 2.43. The second-order valence-corrected chi connectivity index (χ2v) is 7.01. The molecule has 2 saturated heterocycles. The van der Waals surface area contributed by atoms with Crippen molar-refractivity contribution in [3.05, 3.63) is 29.4 Å². The second-order valence-electron chi connectivity index (χ2n) is 7.01. The molecule has 128 valence electrons. The first-order valence-corrected chi connectivity index (χ1v) is 8.47. The summed E-state index contributed by atoms with van der Waals surface area (Å²) in [4.78, 5) is 17.2. The molecule has 2 fully saturated rings. The van der Waals surface area contributed by atoms with Crippen molar-refractivity contribution in [1.29, 1.82) is 0 Å². The molecule has 4 heterocycles. The maximum absolute atomic E-state index is 12.9. The minimum absolute atomic E-state index is 0.0828. The third-order valence-corrected chi connectivity index (χ3v) is 5.39. The minimum atomic E-state index is 0.0828. The number of hydrogen-bond donors (Lipinski definition) is 0. The summed E-state index contributed by atoms with van der Waals surface area (Å²) in [5, 5.41) is 8.22. The molecule has 0 N–H and O–H groups in total. The van der Waals surface area contributed by atoms with Gasteiger partial charge < -0.3 is 9.42 Å². The van der Waals surface area contributed by atoms with E-state index in [0.717, 1.165) is 55.3 Å². The topological polar surface area (TPSA) is 67.4 Å². The van der Waals surface area contributed by atoms with Crippen LogP contribution >= 0.6 is 0 Å². The highest BCUT2D eigenvalue weighted by Crippen LogP contribution is 2.35. The van der Waals surface area contributed by atoms with Crippen molar-refractivity contribution >= 4 is 11.6 Å². The Kier molecular flexibility index (Phi) is 3.68. The molecule has 2 aromatic rings. The molecule has 0 unspecified atom stereocenters. The number of rotatable bonds is 3. The number of piperidine rings is 1. The first kappa shape index (κ1) is 15.4. The van der Waals surface area contributed by atoms with Gasteiger partial charge in [-0.1, -0.05) is 5.16 Å². The normalized spacial score (nSPS) is 24.6. The third-order valence-electron chi connectivity index (χ3n) is 5.39. The monoisotopic (exact) mass is 329 g/mol. The van der Waals surface area contributed by atoms with Crippen LogP contribution in [0.3, 0.4) is 0 Å². The molecule has 7 heteroatoms. The molecule has 0 saturated carbocycles. The average molecular weight is 329 g/mol. The number of amides is 1. The molecule has 2 aromatic heterocycles. The molecule has 2 atom stereocenters. The molecule has 2 aliphatic heterocycles. The fourth-order valence-corrected chi connectivity index (χ4v) is 4.02. The summed E-state index contributed by atoms with van der Waals surface area (Å²) in [7, 11) is 1.88. The van der Waals surface area contributed by atoms with Crippen LogP contribution < -0.4 is 4.90 Å². The molecule has 4 rings (SSSR count). The van der Waals surface area contributed by atoms with E-state index in [0.29, 0.717) is 5.92 Å². The van der Waals surface area contributed by atoms with E-state index in [1.807, 2.05) is 32.0 Å². The number of hydrogen-bond acceptors (Lipinski definition) is 5. The van der Waals surface area contributed by atoms with Crippen LogP contribution in [-0.4, -0.2) is 45.4 Å². The summed E-state index contributed by atoms with van der Waals surface area (Å²) >= 11 is 0. The first-order chi connectivity index (χ1) is 11.5. The quantitative estimate of drug-likeness (QED) is 0.854. The highest BCUT2D eigenvalue weighted by molar-refractivity contribution is 5.96. The van der Waals surface area contributed by atoms with Crippen LogP contribution in [0.1, 0.15) is 23.4 Å². The standard InChI is InChI=1S/C17H23N5O2/c1-11-15(12(2)24-19-11)9-21-7-13-4-5-22(17(23)16(13)10-21)14-6-18-20(3)8-14/h6,8,13,16H,4-5,7,9-10H2,1-3H3/t13-,16-/m0/s1. The number of fused-ring (bicyclic) bond motifs is 1. The second kappa shape index (κ2) is 5.73. The molecular weight excluding hydrogens is 306 g/mol. The van der Waals surface area contributed by atoms with Gasteiger partial charge in [0.1, 0.15) is 5.76 Å². The van der Waals surface area contributed by atoms with Gasteiger partial charge in [0.2, 0.25) is 5.91 Å². The number of carbonyl (C=O) groups excluding carboxylic acids is 1. The van der Waals surface area contributed by atoms with Crippen LogP contribution in [0.15, 0.2) is 16.9 Å². The maximum atomic E-state index is 12.9. The zero-order chi connectivity index (χ0) is 16.8. The van der Waals surface area contributed by atoms with E-state index in [4.69, 9.17) is 4.52 Å². The van der Waals surface area contributed by atoms with Crippen molar-refractivity contribution in [3.8, 4) is 0 Å². The molecule has 0 radical (unpaired) electrons. The number of aryl methyl sites for hydroxylation is 3. The van der Waals surface area contributed by atoms with E-state index >= 15 is 0 Å². The number of anilines is 1. The highest BCUT2D eigenvalue weighted by atomic mass is 16.5. The van der Waals surface area contributed by atoms with Crippen LogP contribution in [0, 0.1) is 25.7 Å². The SMILES string of the molecule is Cc1noc(C)c1CN1C[C@@H]2CCN(c3cnn(C)c3)C(=O)[C@H]2C1. The third kappa shape index (κ3) is 2.53. The molecule has 2 aliphatic rings. The largest absolute Gasteiger partial charge is 0.361 e. The predicted molar refractivity (Wildman–Crippen MR) is 88.4 cm³/mol. The Morgan fingerprint density at radius 2 is 2.17 bits per heavy atom. The molecule has 24 heavy (non-hydrogen) atoms. The van der Waals surface area contributed by atoms with Gasteiger partial charge in [-0.25, -0.2) is 0 Å². The molecule has 1 amide bonds. The Balaban J connectivity index is 1.48. The van der Waals surface area contributed by atoms with Gasteiger partial charge in [-0.2, -0.15) is 5.10 Å². The summed E-state index contributed by atoms with van der Waals surface area (Å²) in [5.41, 5.74) is 3.01. The van der Waals surface area contributed by atoms with Gasteiger partial charge in [0.25, 0.3) is 0 Å². The Morgan fingerprint density at radius 3 is 2.83 bits per heavy atom. The maximum Gasteiger partial charge on any atom is 0.231 e. The fraction of sp³-hybridized carbons (Fsp3) is 0.588. The molecule has 7 nitrogen and oxygen atoms in total. The summed E-state index contributed by atoms with van der Waals surface area (Å²) in [5.74, 6) is 1.65. The van der Waals surface area contributed by atoms with Gasteiger partial charge in [0, 0.05) is 45.0 Å². The van der Waals surface area contributed by atoms with Crippen molar-refractivity contribution in [2.24, 2.45) is 18.9 Å². The number of aromatic nitrogens is 3. The Labute approximate surface area is 141 Å². The zero-order valence-electron chi connectivity index (χ0n) is 14.4. The van der Waals surface area contributed by atoms with Gasteiger partial charge in [0.05, 0.1) is 23.5 Å². The number of nitrogens with zero attached hydrogens (tertiary/aromatic N) is 5. The van der Waals surface area contributed by atoms with Gasteiger partial charge in [-0.15, -0.1) is 0 Å². The molecule has 0 spiro atoms. The lowest BCUT2D eigenvalue weighted by molar-refractivity contribution is -0.124. The van der Waals surface area contributed by atoms with Crippen molar-refractivity contribution in [1.82, 2.24) is 19.8 Å². The summed E-state index contributed by atoms with van der Waals surface area (Å²) < 4.78 is 7.00. The Morgan fingerprint density at radius 1 is 1.33 bits per heavy atom. The van der Waals surface area contributed by atoms with E-state index in [-0.39, 0.29) is 11.8 Å². The van der Waals surface area contributed by atoms with Crippen LogP contribution in [0.25, 0.3) is 0 Å². The Hall–Kier alpha value is -2.15. The van der Waals surface area contributed by atoms with Gasteiger partial charge in [-0.05, 0) is 26.2 Å². The van der Waals surface area contributed by atoms with Crippen molar-refractivity contribution in [2.45, 2.75) is 26.8 Å². The van der Waals surface area contributed by atoms with E-state index in [9.17, 15) is 4.79 Å². The van der Waals surface area contributed by atoms with Crippen LogP contribution in [-0.2, 0) is 18.4 Å². The molecular formula is C17H23N5O2. The zero-order valence-corrected chi connectivity index (χ0v) is 14.4. The Bertz CT molecular complexity index is 745. The van der Waals surface area contributed by atoms with Crippen LogP contribution in [0.2, 0.25) is 0 Å². The van der Waals surface area contributed by atoms with E-state index < -0.39 is 0 Å². The van der Waals surface area contributed by atoms with Crippen molar-refractivity contribution in [3.63, 3.8) is 0 Å². The number of likely N-dealkylation sites (tertiary alicyclic amines) is 1. The summed E-state index contributed by atoms with van der Waals surface area (Å²) in [6.07, 6.45) is 4.73. The summed E-state index contributed by atoms with van der Waals surface area (Å²) in [6, 6.07) is 0. The fourth-order valence-electron chi connectivity index (χ4n) is 4.02. The average Bonchev–Trinajstić information content (AvgIpc) is 3.23. The lowest BCUT2D eigenvalue weighted by Gasteiger charge is -2.32. The van der Waals surface area contributed by atoms with Gasteiger partial charge >= 0.3 is 0 Å². The van der Waals surface area contributed by atoms with Crippen molar-refractivity contribution in [2.75, 3.05) is 24.5 Å². The van der Waals surface area contributed by atoms with E-state index in [2.05, 4.69) is 15.2 Å². The molecule has 0 bridgehead atoms. The van der Waals surface area contributed by atoms with Crippen LogP contribution in [0.4, 0.5) is 5.69 Å². The van der Waals surface area contributed by atoms with E-state index in [1.54, 1.807) is 10.9 Å². The lowest BCUT2D eigenvalue weighted by Crippen LogP contribution is -2.45. The minimum Gasteiger partial charge on any atom is -0.361 e. The summed E-state index contributed by atoms with van der Waals surface area (Å²) in [6.45, 7) is 7.31. The van der Waals surface area contributed by atoms with Gasteiger partial charge in [-0.3, -0.25) is 14.4 Å². The van der Waals surface area contributed by atoms with E-state index in [1.165, 1.54) is 0 Å². The van der Waals surface area contributed by atoms with Gasteiger partial charge in [0.15, 0.2) is 0 Å². The predicted octanol–water partition coefficient (Wildman–Crippen LogP) is 1.51. The first-order valence-electron chi connectivity index (χ1n) is 8.47. The number of carbonyl (C=O) groups is 1. The van der Waals surface area contributed by atoms with Crippen molar-refractivity contribution < 1.29 is 9.32 Å². The molecule has 0 aromatic carbocycles. The smallest absolute Gasteiger partial charge is 0.231 e.